The van der Waals surface area contributed by atoms with Gasteiger partial charge in [-0.15, -0.1) is 0 Å². The Morgan fingerprint density at radius 2 is 1.95 bits per heavy atom. The van der Waals surface area contributed by atoms with E-state index in [1.54, 1.807) is 18.6 Å². The molecular weight excluding hydrogens is 464 g/mol. The molecule has 4 N–H and O–H groups in total. The number of nitrogens with one attached hydrogen (secondary N) is 4. The van der Waals surface area contributed by atoms with Crippen LogP contribution in [-0.2, 0) is 4.79 Å². The van der Waals surface area contributed by atoms with Crippen LogP contribution in [0.5, 0.6) is 0 Å². The minimum atomic E-state index is 0.0491. The minimum Gasteiger partial charge on any atom is -0.339 e. The summed E-state index contributed by atoms with van der Waals surface area (Å²) in [5.74, 6) is 1.93. The third-order valence-corrected chi connectivity index (χ3v) is 8.37. The van der Waals surface area contributed by atoms with Gasteiger partial charge in [0.1, 0.15) is 5.82 Å². The van der Waals surface area contributed by atoms with Gasteiger partial charge in [-0.2, -0.15) is 0 Å². The van der Waals surface area contributed by atoms with Gasteiger partial charge >= 0.3 is 0 Å². The lowest BCUT2D eigenvalue weighted by Gasteiger charge is -2.33. The number of hydrogen-bond acceptors (Lipinski definition) is 7. The maximum atomic E-state index is 12.4. The molecule has 4 aromatic heterocycles. The fraction of sp³-hybridized carbons (Fsp3) is 0.393. The Bertz CT molecular complexity index is 1430. The van der Waals surface area contributed by atoms with E-state index in [1.165, 1.54) is 5.56 Å². The van der Waals surface area contributed by atoms with Crippen molar-refractivity contribution in [3.63, 3.8) is 0 Å². The highest BCUT2D eigenvalue weighted by Crippen LogP contribution is 2.44. The number of amides is 1. The highest BCUT2D eigenvalue weighted by Gasteiger charge is 2.43. The van der Waals surface area contributed by atoms with Gasteiger partial charge in [-0.3, -0.25) is 20.2 Å². The molecule has 0 spiro atoms. The predicted molar refractivity (Wildman–Crippen MR) is 140 cm³/mol. The number of aromatic amines is 1. The van der Waals surface area contributed by atoms with Crippen LogP contribution in [0.15, 0.2) is 55.1 Å². The number of H-pyrrole nitrogens is 1. The molecule has 7 rings (SSSR count). The summed E-state index contributed by atoms with van der Waals surface area (Å²) in [6, 6.07) is 10.4. The number of pyridine rings is 3. The normalized spacial score (nSPS) is 25.5. The number of carbonyl (C=O) groups is 1. The Balaban J connectivity index is 1.13. The maximum Gasteiger partial charge on any atom is 0.227 e. The lowest BCUT2D eigenvalue weighted by molar-refractivity contribution is -0.122. The molecule has 4 atom stereocenters. The lowest BCUT2D eigenvalue weighted by Crippen LogP contribution is -2.34. The fourth-order valence-corrected chi connectivity index (χ4v) is 6.11. The third-order valence-electron chi connectivity index (χ3n) is 8.37. The van der Waals surface area contributed by atoms with E-state index >= 15 is 0 Å². The molecule has 2 aliphatic carbocycles. The van der Waals surface area contributed by atoms with Gasteiger partial charge in [0.25, 0.3) is 0 Å². The molecule has 3 fully saturated rings. The zero-order chi connectivity index (χ0) is 24.8. The van der Waals surface area contributed by atoms with Gasteiger partial charge in [-0.05, 0) is 73.8 Å². The molecule has 2 saturated carbocycles. The number of rotatable bonds is 5. The first-order valence-electron chi connectivity index (χ1n) is 13.3. The second-order valence-electron chi connectivity index (χ2n) is 10.6. The molecule has 37 heavy (non-hydrogen) atoms. The number of carbonyl (C=O) groups excluding carboxylic acids is 1. The summed E-state index contributed by atoms with van der Waals surface area (Å²) in [7, 11) is 0. The van der Waals surface area contributed by atoms with Crippen molar-refractivity contribution in [2.24, 2.45) is 11.8 Å². The summed E-state index contributed by atoms with van der Waals surface area (Å²) in [6.45, 7) is 0. The van der Waals surface area contributed by atoms with Gasteiger partial charge in [0.2, 0.25) is 5.91 Å². The van der Waals surface area contributed by atoms with Crippen LogP contribution in [0.2, 0.25) is 0 Å². The van der Waals surface area contributed by atoms with Gasteiger partial charge in [-0.25, -0.2) is 15.4 Å². The molecule has 9 heteroatoms. The van der Waals surface area contributed by atoms with Crippen molar-refractivity contribution in [3.05, 3.63) is 66.5 Å². The predicted octanol–water partition coefficient (Wildman–Crippen LogP) is 4.25. The topological polar surface area (TPSA) is 121 Å². The Kier molecular flexibility index (Phi) is 5.67. The molecule has 0 aromatic carbocycles. The quantitative estimate of drug-likeness (QED) is 0.327. The molecule has 0 radical (unpaired) electrons. The molecule has 4 unspecified atom stereocenters. The van der Waals surface area contributed by atoms with E-state index in [9.17, 15) is 4.79 Å². The summed E-state index contributed by atoms with van der Waals surface area (Å²) >= 11 is 0. The van der Waals surface area contributed by atoms with E-state index in [0.29, 0.717) is 23.5 Å². The highest BCUT2D eigenvalue weighted by molar-refractivity contribution is 5.93. The van der Waals surface area contributed by atoms with Crippen molar-refractivity contribution in [2.45, 2.75) is 56.5 Å². The van der Waals surface area contributed by atoms with E-state index in [-0.39, 0.29) is 17.9 Å². The van der Waals surface area contributed by atoms with Gasteiger partial charge in [0.15, 0.2) is 5.65 Å². The summed E-state index contributed by atoms with van der Waals surface area (Å²) in [4.78, 5) is 34.4. The number of anilines is 1. The van der Waals surface area contributed by atoms with Crippen LogP contribution in [0.1, 0.15) is 61.9 Å². The van der Waals surface area contributed by atoms with Crippen molar-refractivity contribution in [2.75, 3.05) is 5.32 Å². The molecule has 0 bridgehead atoms. The number of aromatic nitrogens is 5. The summed E-state index contributed by atoms with van der Waals surface area (Å²) in [5, 5.41) is 3.08. The Labute approximate surface area is 214 Å². The van der Waals surface area contributed by atoms with Gasteiger partial charge < -0.3 is 10.3 Å². The van der Waals surface area contributed by atoms with Crippen LogP contribution in [0.4, 0.5) is 5.69 Å². The summed E-state index contributed by atoms with van der Waals surface area (Å²) < 4.78 is 0. The average Bonchev–Trinajstić information content (AvgIpc) is 3.52. The van der Waals surface area contributed by atoms with Crippen molar-refractivity contribution < 1.29 is 4.79 Å². The van der Waals surface area contributed by atoms with Crippen LogP contribution >= 0.6 is 0 Å². The Morgan fingerprint density at radius 3 is 2.78 bits per heavy atom. The molecule has 3 aliphatic rings. The molecule has 1 saturated heterocycles. The number of fused-ring (bicyclic) bond motifs is 2. The van der Waals surface area contributed by atoms with Crippen molar-refractivity contribution in [1.29, 1.82) is 0 Å². The fourth-order valence-electron chi connectivity index (χ4n) is 6.11. The highest BCUT2D eigenvalue weighted by atomic mass is 16.1. The smallest absolute Gasteiger partial charge is 0.227 e. The van der Waals surface area contributed by atoms with Crippen molar-refractivity contribution >= 4 is 22.8 Å². The summed E-state index contributed by atoms with van der Waals surface area (Å²) in [6.07, 6.45) is 13.6. The maximum absolute atomic E-state index is 12.4. The average molecular weight is 495 g/mol. The van der Waals surface area contributed by atoms with Crippen LogP contribution in [0.3, 0.4) is 0 Å². The molecule has 1 amide bonds. The van der Waals surface area contributed by atoms with Crippen LogP contribution < -0.4 is 16.2 Å². The van der Waals surface area contributed by atoms with Crippen LogP contribution in [0, 0.1) is 11.8 Å². The largest absolute Gasteiger partial charge is 0.339 e. The first-order chi connectivity index (χ1) is 18.2. The zero-order valence-corrected chi connectivity index (χ0v) is 20.5. The van der Waals surface area contributed by atoms with Crippen molar-refractivity contribution in [1.82, 2.24) is 35.8 Å². The second kappa shape index (κ2) is 9.32. The standard InChI is InChI=1S/C28H30N8O/c37-28(16-4-3-5-16)32-19-12-18(14-29-15-19)17-7-8-23-21(13-17)25(36-35-23)27-33-24-20(9-11-31-26(24)34-27)22-6-1-2-10-30-22/h1-2,6,9-12,14-17,21,23,25,35-36H,3-5,7-8,13H2,(H,32,37)(H,31,33,34). The molecule has 9 nitrogen and oxygen atoms in total. The Morgan fingerprint density at radius 1 is 1.00 bits per heavy atom. The minimum absolute atomic E-state index is 0.0491. The lowest BCUT2D eigenvalue weighted by atomic mass is 9.73. The van der Waals surface area contributed by atoms with E-state index in [0.717, 1.165) is 66.8 Å². The molecule has 4 aromatic rings. The molecular formula is C28H30N8O. The molecule has 5 heterocycles. The monoisotopic (exact) mass is 494 g/mol. The van der Waals surface area contributed by atoms with Crippen LogP contribution in [-0.4, -0.2) is 36.9 Å². The first kappa shape index (κ1) is 22.5. The van der Waals surface area contributed by atoms with Crippen molar-refractivity contribution in [3.8, 4) is 11.3 Å². The van der Waals surface area contributed by atoms with E-state index in [2.05, 4.69) is 42.2 Å². The second-order valence-corrected chi connectivity index (χ2v) is 10.6. The number of imidazole rings is 1. The Hall–Kier alpha value is -3.69. The number of hydrazine groups is 1. The zero-order valence-electron chi connectivity index (χ0n) is 20.5. The van der Waals surface area contributed by atoms with E-state index in [4.69, 9.17) is 4.98 Å². The first-order valence-corrected chi connectivity index (χ1v) is 13.3. The number of hydrogen-bond donors (Lipinski definition) is 4. The van der Waals surface area contributed by atoms with Gasteiger partial charge in [0, 0.05) is 36.1 Å². The van der Waals surface area contributed by atoms with Gasteiger partial charge in [0.05, 0.1) is 29.1 Å². The van der Waals surface area contributed by atoms with Crippen LogP contribution in [0.25, 0.3) is 22.4 Å². The van der Waals surface area contributed by atoms with Gasteiger partial charge in [-0.1, -0.05) is 12.5 Å². The summed E-state index contributed by atoms with van der Waals surface area (Å²) in [5.41, 5.74) is 12.5. The SMILES string of the molecule is O=C(Nc1cncc(C2CCC3NNC(c4nc5nccc(-c6ccccn6)c5[nH]4)C3C2)c1)C1CCC1. The molecule has 1 aliphatic heterocycles. The molecule has 188 valence electrons. The third kappa shape index (κ3) is 4.18. The van der Waals surface area contributed by atoms with E-state index < -0.39 is 0 Å². The number of nitrogens with zero attached hydrogens (tertiary/aromatic N) is 4. The van der Waals surface area contributed by atoms with E-state index in [1.807, 2.05) is 30.5 Å².